The van der Waals surface area contributed by atoms with Gasteiger partial charge in [0, 0.05) is 19.2 Å². The van der Waals surface area contributed by atoms with E-state index in [9.17, 15) is 2.74 Å². The fourth-order valence-electron chi connectivity index (χ4n) is 9.64. The predicted molar refractivity (Wildman–Crippen MR) is 293 cm³/mol. The minimum atomic E-state index is -1.26. The molecule has 0 spiro atoms. The van der Waals surface area contributed by atoms with Gasteiger partial charge in [0.05, 0.1) is 4.11 Å². The maximum atomic E-state index is 9.30. The van der Waals surface area contributed by atoms with Crippen molar-refractivity contribution in [1.82, 2.24) is 10.6 Å². The van der Waals surface area contributed by atoms with E-state index in [1.54, 1.807) is 0 Å². The summed E-state index contributed by atoms with van der Waals surface area (Å²) in [6, 6.07) is 6.35. The quantitative estimate of drug-likeness (QED) is 0.0786. The third-order valence-corrected chi connectivity index (χ3v) is 15.4. The number of rotatable bonds is 20. The van der Waals surface area contributed by atoms with Crippen LogP contribution in [0.1, 0.15) is 173 Å². The molecule has 65 heavy (non-hydrogen) atoms. The van der Waals surface area contributed by atoms with Gasteiger partial charge in [0.15, 0.2) is 0 Å². The number of allylic oxidation sites excluding steroid dienone is 15. The maximum absolute atomic E-state index is 9.30. The number of fused-ring (bicyclic) bond motifs is 2. The summed E-state index contributed by atoms with van der Waals surface area (Å²) in [5.74, 6) is 1.39. The Morgan fingerprint density at radius 2 is 1.66 bits per heavy atom. The summed E-state index contributed by atoms with van der Waals surface area (Å²) in [4.78, 5) is 0. The summed E-state index contributed by atoms with van der Waals surface area (Å²) in [6.45, 7) is 40.2. The molecule has 2 N–H and O–H groups in total. The molecule has 0 radical (unpaired) electrons. The molecule has 0 bridgehead atoms. The molecule has 2 aromatic rings. The van der Waals surface area contributed by atoms with E-state index in [1.807, 2.05) is 29.7 Å². The van der Waals surface area contributed by atoms with Gasteiger partial charge in [-0.05, 0) is 184 Å². The Morgan fingerprint density at radius 3 is 2.29 bits per heavy atom. The average molecular weight is 896 g/mol. The van der Waals surface area contributed by atoms with E-state index in [-0.39, 0.29) is 58.5 Å². The van der Waals surface area contributed by atoms with Gasteiger partial charge in [-0.2, -0.15) is 0 Å². The normalized spacial score (nSPS) is 23.8. The van der Waals surface area contributed by atoms with Gasteiger partial charge in [-0.25, -0.2) is 0 Å². The molecule has 2 nitrogen and oxygen atoms in total. The van der Waals surface area contributed by atoms with Gasteiger partial charge in [-0.1, -0.05) is 169 Å². The van der Waals surface area contributed by atoms with E-state index in [0.29, 0.717) is 23.8 Å². The summed E-state index contributed by atoms with van der Waals surface area (Å²) in [7, 11) is 0. The maximum Gasteiger partial charge on any atom is 0.254 e. The first-order valence-corrected chi connectivity index (χ1v) is 25.4. The minimum absolute atomic E-state index is 0.0676. The van der Waals surface area contributed by atoms with Crippen LogP contribution in [0.25, 0.3) is 10.1 Å². The van der Waals surface area contributed by atoms with E-state index < -0.39 is 12.8 Å². The van der Waals surface area contributed by atoms with Crippen LogP contribution in [-0.4, -0.2) is 12.8 Å². The van der Waals surface area contributed by atoms with Crippen molar-refractivity contribution in [3.05, 3.63) is 161 Å². The lowest BCUT2D eigenvalue weighted by Gasteiger charge is -2.41. The minimum Gasteiger partial charge on any atom is -0.385 e. The Labute approximate surface area is 409 Å². The molecular weight excluding hydrogens is 804 g/mol. The molecule has 4 atom stereocenters. The van der Waals surface area contributed by atoms with Gasteiger partial charge in [-0.15, -0.1) is 17.9 Å². The number of nitrogens with one attached hydrogen (secondary N) is 2. The molecule has 0 amide bonds. The third-order valence-electron chi connectivity index (χ3n) is 14.2. The highest BCUT2D eigenvalue weighted by molar-refractivity contribution is 7.30. The fourth-order valence-corrected chi connectivity index (χ4v) is 10.9. The van der Waals surface area contributed by atoms with E-state index in [1.165, 1.54) is 31.5 Å². The molecule has 0 saturated carbocycles. The number of benzene rings is 1. The second kappa shape index (κ2) is 22.2. The second-order valence-electron chi connectivity index (χ2n) is 22.7. The SMILES string of the molecule is [2H]C1=C([2H])C([2H])C([2H])C(C2=CC(N/C=C/CC(C=C)C(C)(C)CCC(C)C)=C(B(C(/C=C\CC(C)C)=C/C)c3cc4cc5c(cc4s3)C(C)(C)CCC5(C)C)C(N/C=C/C=C(\C=C)C(C)(C)C)C2)=C1[2H]. The molecule has 350 valence electrons. The number of thiophene rings is 1. The van der Waals surface area contributed by atoms with Crippen molar-refractivity contribution in [1.29, 1.82) is 0 Å². The van der Waals surface area contributed by atoms with Crippen LogP contribution in [0.4, 0.5) is 0 Å². The molecule has 3 aliphatic rings. The average Bonchev–Trinajstić information content (AvgIpc) is 3.70. The van der Waals surface area contributed by atoms with Crippen LogP contribution in [0.5, 0.6) is 0 Å². The van der Waals surface area contributed by atoms with Crippen molar-refractivity contribution in [2.24, 2.45) is 28.6 Å². The van der Waals surface area contributed by atoms with E-state index in [2.05, 4.69) is 188 Å². The van der Waals surface area contributed by atoms with Crippen molar-refractivity contribution < 1.29 is 6.85 Å². The highest BCUT2D eigenvalue weighted by Gasteiger charge is 2.39. The zero-order valence-corrected chi connectivity index (χ0v) is 43.7. The first-order valence-electron chi connectivity index (χ1n) is 27.2. The van der Waals surface area contributed by atoms with Crippen LogP contribution < -0.4 is 15.4 Å². The standard InChI is InChI=1S/C61H87BN2S/c1-17-48(58(8,9)10)29-24-36-63-53-39-46(45-27-21-20-22-28-45)40-54(64-37-25-30-49(18-2)59(11,12)33-32-44(6)7)57(53)62(50(19-3)31-23-26-43(4)5)56-41-47-38-51-52(42-55(47)65-56)61(15,16)35-34-60(51,13)14/h17-21,23-25,27,29,31,36-38,40-44,49,53,63-64H,1-2,22,26,28,30,32-35,39H2,3-16H3/b31-23-,36-24+,37-25+,48-29+,50-19+/i20D,21D,22D,27D,28D. The van der Waals surface area contributed by atoms with Gasteiger partial charge < -0.3 is 10.6 Å². The lowest BCUT2D eigenvalue weighted by atomic mass is 9.36. The lowest BCUT2D eigenvalue weighted by Crippen LogP contribution is -2.45. The number of hydrogen-bond acceptors (Lipinski definition) is 3. The molecule has 1 aromatic carbocycles. The second-order valence-corrected chi connectivity index (χ2v) is 23.8. The van der Waals surface area contributed by atoms with Gasteiger partial charge in [0.2, 0.25) is 0 Å². The Hall–Kier alpha value is -4.02. The monoisotopic (exact) mass is 896 g/mol. The Balaban J connectivity index is 1.84. The van der Waals surface area contributed by atoms with Crippen molar-refractivity contribution >= 4 is 32.9 Å². The Bertz CT molecular complexity index is 2470. The summed E-state index contributed by atoms with van der Waals surface area (Å²) < 4.78 is 47.1. The van der Waals surface area contributed by atoms with Crippen molar-refractivity contribution in [2.75, 3.05) is 0 Å². The summed E-state index contributed by atoms with van der Waals surface area (Å²) >= 11 is 1.87. The van der Waals surface area contributed by atoms with Gasteiger partial charge in [0.25, 0.3) is 6.71 Å². The molecule has 0 aliphatic heterocycles. The van der Waals surface area contributed by atoms with Crippen LogP contribution in [0.15, 0.2) is 150 Å². The van der Waals surface area contributed by atoms with E-state index in [4.69, 9.17) is 4.11 Å². The highest BCUT2D eigenvalue weighted by atomic mass is 32.1. The van der Waals surface area contributed by atoms with Gasteiger partial charge in [-0.3, -0.25) is 0 Å². The molecular formula is C61H87BN2S. The lowest BCUT2D eigenvalue weighted by molar-refractivity contribution is 0.222. The molecule has 4 unspecified atom stereocenters. The molecule has 4 heteroatoms. The van der Waals surface area contributed by atoms with Gasteiger partial charge in [0.1, 0.15) is 0 Å². The van der Waals surface area contributed by atoms with Crippen LogP contribution in [-0.2, 0) is 10.8 Å². The van der Waals surface area contributed by atoms with Crippen molar-refractivity contribution in [2.45, 2.75) is 172 Å². The van der Waals surface area contributed by atoms with Crippen LogP contribution in [0.3, 0.4) is 0 Å². The first kappa shape index (κ1) is 44.8. The molecule has 0 saturated heterocycles. The predicted octanol–water partition coefficient (Wildman–Crippen LogP) is 16.8. The van der Waals surface area contributed by atoms with Gasteiger partial charge >= 0.3 is 0 Å². The first-order chi connectivity index (χ1) is 32.7. The third kappa shape index (κ3) is 13.3. The molecule has 1 heterocycles. The zero-order valence-electron chi connectivity index (χ0n) is 47.9. The largest absolute Gasteiger partial charge is 0.385 e. The smallest absolute Gasteiger partial charge is 0.254 e. The zero-order chi connectivity index (χ0) is 52.1. The highest BCUT2D eigenvalue weighted by Crippen LogP contribution is 2.48. The molecule has 5 rings (SSSR count). The Morgan fingerprint density at radius 1 is 0.954 bits per heavy atom. The summed E-state index contributed by atoms with van der Waals surface area (Å²) in [5, 5.41) is 8.93. The summed E-state index contributed by atoms with van der Waals surface area (Å²) in [5.41, 5.74) is 8.35. The number of hydrogen-bond donors (Lipinski definition) is 2. The fraction of sp³-hybridized carbons (Fsp3) is 0.508. The Kier molecular flexibility index (Phi) is 15.3. The van der Waals surface area contributed by atoms with Crippen molar-refractivity contribution in [3.63, 3.8) is 0 Å². The topological polar surface area (TPSA) is 24.1 Å². The van der Waals surface area contributed by atoms with E-state index >= 15 is 0 Å². The molecule has 0 fully saturated rings. The molecule has 1 aromatic heterocycles. The van der Waals surface area contributed by atoms with Crippen LogP contribution in [0.2, 0.25) is 0 Å². The molecule has 3 aliphatic carbocycles. The van der Waals surface area contributed by atoms with Crippen molar-refractivity contribution in [3.8, 4) is 0 Å². The van der Waals surface area contributed by atoms with Crippen LogP contribution in [0, 0.1) is 28.6 Å². The van der Waals surface area contributed by atoms with E-state index in [0.717, 1.165) is 60.8 Å². The van der Waals surface area contributed by atoms with Crippen LogP contribution >= 0.6 is 11.3 Å². The summed E-state index contributed by atoms with van der Waals surface area (Å²) in [6.07, 6.45) is 27.7.